The van der Waals surface area contributed by atoms with Crippen molar-refractivity contribution in [3.05, 3.63) is 18.0 Å². The summed E-state index contributed by atoms with van der Waals surface area (Å²) < 4.78 is 24.5. The Balaban J connectivity index is 2.02. The van der Waals surface area contributed by atoms with Gasteiger partial charge in [0.05, 0.1) is 23.7 Å². The lowest BCUT2D eigenvalue weighted by Gasteiger charge is -2.07. The lowest BCUT2D eigenvalue weighted by molar-refractivity contribution is 0.499. The Morgan fingerprint density at radius 2 is 2.38 bits per heavy atom. The summed E-state index contributed by atoms with van der Waals surface area (Å²) in [5.41, 5.74) is 1.13. The SMILES string of the molecule is O=S1(=O)CCC(n2cc(CCCCl)cn2)C1. The Bertz CT molecular complexity index is 455. The van der Waals surface area contributed by atoms with Crippen molar-refractivity contribution >= 4 is 21.4 Å². The predicted molar refractivity (Wildman–Crippen MR) is 63.6 cm³/mol. The zero-order chi connectivity index (χ0) is 11.6. The van der Waals surface area contributed by atoms with Crippen LogP contribution in [0.25, 0.3) is 0 Å². The Kier molecular flexibility index (Phi) is 3.54. The summed E-state index contributed by atoms with van der Waals surface area (Å²) in [6.07, 6.45) is 6.26. The third-order valence-electron chi connectivity index (χ3n) is 2.84. The summed E-state index contributed by atoms with van der Waals surface area (Å²) in [5.74, 6) is 1.15. The van der Waals surface area contributed by atoms with Gasteiger partial charge >= 0.3 is 0 Å². The average Bonchev–Trinajstić information content (AvgIpc) is 2.81. The minimum absolute atomic E-state index is 0.0229. The molecule has 0 radical (unpaired) electrons. The quantitative estimate of drug-likeness (QED) is 0.771. The molecule has 1 atom stereocenters. The number of sulfone groups is 1. The lowest BCUT2D eigenvalue weighted by Crippen LogP contribution is -2.11. The molecule has 4 nitrogen and oxygen atoms in total. The van der Waals surface area contributed by atoms with Gasteiger partial charge < -0.3 is 0 Å². The van der Waals surface area contributed by atoms with Crippen molar-refractivity contribution in [2.24, 2.45) is 0 Å². The molecule has 1 aromatic heterocycles. The zero-order valence-electron chi connectivity index (χ0n) is 8.97. The van der Waals surface area contributed by atoms with Crippen molar-refractivity contribution in [1.29, 1.82) is 0 Å². The van der Waals surface area contributed by atoms with Gasteiger partial charge in [-0.05, 0) is 24.8 Å². The van der Waals surface area contributed by atoms with Gasteiger partial charge in [-0.3, -0.25) is 4.68 Å². The van der Waals surface area contributed by atoms with Crippen molar-refractivity contribution in [1.82, 2.24) is 9.78 Å². The first-order valence-electron chi connectivity index (χ1n) is 5.40. The van der Waals surface area contributed by atoms with Crippen LogP contribution in [0.3, 0.4) is 0 Å². The van der Waals surface area contributed by atoms with Crippen LogP contribution in [0.1, 0.15) is 24.4 Å². The topological polar surface area (TPSA) is 52.0 Å². The largest absolute Gasteiger partial charge is 0.268 e. The molecule has 0 saturated carbocycles. The van der Waals surface area contributed by atoms with Crippen LogP contribution < -0.4 is 0 Å². The summed E-state index contributed by atoms with van der Waals surface area (Å²) in [6.45, 7) is 0. The molecule has 1 aliphatic heterocycles. The molecule has 1 aromatic rings. The minimum atomic E-state index is -2.83. The number of rotatable bonds is 4. The van der Waals surface area contributed by atoms with Crippen LogP contribution in [0.15, 0.2) is 12.4 Å². The fourth-order valence-corrected chi connectivity index (χ4v) is 3.80. The minimum Gasteiger partial charge on any atom is -0.268 e. The van der Waals surface area contributed by atoms with E-state index in [1.165, 1.54) is 0 Å². The number of nitrogens with zero attached hydrogens (tertiary/aromatic N) is 2. The standard InChI is InChI=1S/C10H15ClN2O2S/c11-4-1-2-9-6-12-13(7-9)10-3-5-16(14,15)8-10/h6-7,10H,1-5,8H2. The summed E-state index contributed by atoms with van der Waals surface area (Å²) in [7, 11) is -2.83. The molecule has 1 unspecified atom stereocenters. The van der Waals surface area contributed by atoms with Gasteiger partial charge in [-0.1, -0.05) is 0 Å². The average molecular weight is 263 g/mol. The van der Waals surface area contributed by atoms with Crippen molar-refractivity contribution in [3.8, 4) is 0 Å². The Morgan fingerprint density at radius 3 is 3.00 bits per heavy atom. The second-order valence-electron chi connectivity index (χ2n) is 4.18. The maximum absolute atomic E-state index is 11.3. The molecule has 0 bridgehead atoms. The fourth-order valence-electron chi connectivity index (χ4n) is 1.96. The Morgan fingerprint density at radius 1 is 1.56 bits per heavy atom. The maximum atomic E-state index is 11.3. The van der Waals surface area contributed by atoms with Gasteiger partial charge in [0.25, 0.3) is 0 Å². The summed E-state index contributed by atoms with van der Waals surface area (Å²) in [6, 6.07) is 0.0229. The molecule has 1 fully saturated rings. The van der Waals surface area contributed by atoms with Crippen molar-refractivity contribution in [2.75, 3.05) is 17.4 Å². The Labute approximate surface area is 101 Å². The zero-order valence-corrected chi connectivity index (χ0v) is 10.5. The van der Waals surface area contributed by atoms with Crippen LogP contribution in [-0.2, 0) is 16.3 Å². The second-order valence-corrected chi connectivity index (χ2v) is 6.78. The van der Waals surface area contributed by atoms with Crippen molar-refractivity contribution in [3.63, 3.8) is 0 Å². The van der Waals surface area contributed by atoms with Gasteiger partial charge in [-0.15, -0.1) is 11.6 Å². The van der Waals surface area contributed by atoms with Crippen LogP contribution in [0.2, 0.25) is 0 Å². The van der Waals surface area contributed by atoms with Crippen LogP contribution in [0.4, 0.5) is 0 Å². The predicted octanol–water partition coefficient (Wildman–Crippen LogP) is 1.41. The molecule has 2 heterocycles. The number of halogens is 1. The van der Waals surface area contributed by atoms with Crippen LogP contribution in [0, 0.1) is 0 Å². The highest BCUT2D eigenvalue weighted by atomic mass is 35.5. The van der Waals surface area contributed by atoms with E-state index < -0.39 is 9.84 Å². The van der Waals surface area contributed by atoms with E-state index in [-0.39, 0.29) is 17.5 Å². The molecular formula is C10H15ClN2O2S. The monoisotopic (exact) mass is 262 g/mol. The molecule has 2 rings (SSSR count). The van der Waals surface area contributed by atoms with E-state index in [1.807, 2.05) is 6.20 Å². The number of hydrogen-bond donors (Lipinski definition) is 0. The third-order valence-corrected chi connectivity index (χ3v) is 4.85. The van der Waals surface area contributed by atoms with Crippen LogP contribution in [-0.4, -0.2) is 35.6 Å². The molecule has 0 aliphatic carbocycles. The summed E-state index contributed by atoms with van der Waals surface area (Å²) >= 11 is 5.62. The van der Waals surface area contributed by atoms with Gasteiger partial charge in [0.1, 0.15) is 0 Å². The number of alkyl halides is 1. The maximum Gasteiger partial charge on any atom is 0.152 e. The van der Waals surface area contributed by atoms with E-state index in [0.717, 1.165) is 18.4 Å². The summed E-state index contributed by atoms with van der Waals surface area (Å²) in [5, 5.41) is 4.23. The summed E-state index contributed by atoms with van der Waals surface area (Å²) in [4.78, 5) is 0. The van der Waals surface area contributed by atoms with Gasteiger partial charge in [0, 0.05) is 12.1 Å². The first kappa shape index (κ1) is 11.9. The molecular weight excluding hydrogens is 248 g/mol. The highest BCUT2D eigenvalue weighted by Crippen LogP contribution is 2.23. The van der Waals surface area contributed by atoms with Crippen molar-refractivity contribution in [2.45, 2.75) is 25.3 Å². The van der Waals surface area contributed by atoms with E-state index in [1.54, 1.807) is 10.9 Å². The molecule has 0 amide bonds. The Hall–Kier alpha value is -0.550. The molecule has 6 heteroatoms. The smallest absolute Gasteiger partial charge is 0.152 e. The van der Waals surface area contributed by atoms with Crippen LogP contribution in [0.5, 0.6) is 0 Å². The van der Waals surface area contributed by atoms with E-state index in [9.17, 15) is 8.42 Å². The first-order valence-corrected chi connectivity index (χ1v) is 7.76. The molecule has 1 saturated heterocycles. The van der Waals surface area contributed by atoms with Crippen LogP contribution >= 0.6 is 11.6 Å². The number of aryl methyl sites for hydroxylation is 1. The molecule has 0 aromatic carbocycles. The van der Waals surface area contributed by atoms with E-state index in [2.05, 4.69) is 5.10 Å². The normalized spacial score (nSPS) is 23.7. The number of hydrogen-bond acceptors (Lipinski definition) is 3. The van der Waals surface area contributed by atoms with E-state index in [0.29, 0.717) is 12.3 Å². The molecule has 0 N–H and O–H groups in total. The van der Waals surface area contributed by atoms with Gasteiger partial charge in [-0.2, -0.15) is 5.10 Å². The third kappa shape index (κ3) is 2.77. The molecule has 1 aliphatic rings. The van der Waals surface area contributed by atoms with E-state index >= 15 is 0 Å². The van der Waals surface area contributed by atoms with Gasteiger partial charge in [0.15, 0.2) is 9.84 Å². The molecule has 16 heavy (non-hydrogen) atoms. The lowest BCUT2D eigenvalue weighted by atomic mass is 10.2. The fraction of sp³-hybridized carbons (Fsp3) is 0.700. The van der Waals surface area contributed by atoms with E-state index in [4.69, 9.17) is 11.6 Å². The second kappa shape index (κ2) is 4.75. The van der Waals surface area contributed by atoms with Gasteiger partial charge in [-0.25, -0.2) is 8.42 Å². The molecule has 0 spiro atoms. The van der Waals surface area contributed by atoms with Gasteiger partial charge in [0.2, 0.25) is 0 Å². The van der Waals surface area contributed by atoms with Crippen molar-refractivity contribution < 1.29 is 8.42 Å². The molecule has 90 valence electrons. The highest BCUT2D eigenvalue weighted by molar-refractivity contribution is 7.91. The number of aromatic nitrogens is 2. The highest BCUT2D eigenvalue weighted by Gasteiger charge is 2.29. The first-order chi connectivity index (χ1) is 7.61.